The summed E-state index contributed by atoms with van der Waals surface area (Å²) in [7, 11) is -3.55. The first kappa shape index (κ1) is 23.0. The van der Waals surface area contributed by atoms with Crippen molar-refractivity contribution in [3.63, 3.8) is 0 Å². The molecule has 0 atom stereocenters. The smallest absolute Gasteiger partial charge is 0.243 e. The summed E-state index contributed by atoms with van der Waals surface area (Å²) in [6.45, 7) is 6.88. The zero-order chi connectivity index (χ0) is 23.3. The highest BCUT2D eigenvalue weighted by Gasteiger charge is 2.29. The standard InChI is InChI=1S/C24H28N4O4S/c1-3-31-20-7-5-19(6-8-20)23-13-14-24(26-25-23)27-15-17-28(18-16-27)33(29,30)22-11-9-21(10-12-22)32-4-2/h5-14H,3-4,15-18H2,1-2H3. The topological polar surface area (TPSA) is 84.9 Å². The fourth-order valence-electron chi connectivity index (χ4n) is 3.72. The zero-order valence-corrected chi connectivity index (χ0v) is 19.7. The van der Waals surface area contributed by atoms with Crippen molar-refractivity contribution in [2.75, 3.05) is 44.3 Å². The van der Waals surface area contributed by atoms with Crippen molar-refractivity contribution < 1.29 is 17.9 Å². The summed E-state index contributed by atoms with van der Waals surface area (Å²) in [5, 5.41) is 8.74. The third-order valence-electron chi connectivity index (χ3n) is 5.45. The molecule has 1 fully saturated rings. The van der Waals surface area contributed by atoms with Gasteiger partial charge in [-0.1, -0.05) is 0 Å². The molecule has 0 amide bonds. The minimum absolute atomic E-state index is 0.277. The largest absolute Gasteiger partial charge is 0.494 e. The molecule has 0 aliphatic carbocycles. The van der Waals surface area contributed by atoms with Crippen molar-refractivity contribution in [2.45, 2.75) is 18.7 Å². The minimum Gasteiger partial charge on any atom is -0.494 e. The highest BCUT2D eigenvalue weighted by Crippen LogP contribution is 2.24. The molecule has 2 aromatic carbocycles. The van der Waals surface area contributed by atoms with Gasteiger partial charge in [0, 0.05) is 31.7 Å². The van der Waals surface area contributed by atoms with Crippen LogP contribution in [-0.2, 0) is 10.0 Å². The van der Waals surface area contributed by atoms with Crippen molar-refractivity contribution in [2.24, 2.45) is 0 Å². The molecule has 9 heteroatoms. The highest BCUT2D eigenvalue weighted by atomic mass is 32.2. The van der Waals surface area contributed by atoms with Gasteiger partial charge in [-0.2, -0.15) is 4.31 Å². The first-order valence-electron chi connectivity index (χ1n) is 11.1. The summed E-state index contributed by atoms with van der Waals surface area (Å²) in [5.74, 6) is 2.22. The van der Waals surface area contributed by atoms with E-state index >= 15 is 0 Å². The van der Waals surface area contributed by atoms with E-state index in [1.165, 1.54) is 4.31 Å². The van der Waals surface area contributed by atoms with E-state index < -0.39 is 10.0 Å². The van der Waals surface area contributed by atoms with E-state index in [4.69, 9.17) is 9.47 Å². The summed E-state index contributed by atoms with van der Waals surface area (Å²) in [6, 6.07) is 18.2. The van der Waals surface area contributed by atoms with Gasteiger partial charge in [-0.3, -0.25) is 0 Å². The van der Waals surface area contributed by atoms with Crippen LogP contribution in [0, 0.1) is 0 Å². The Balaban J connectivity index is 1.38. The summed E-state index contributed by atoms with van der Waals surface area (Å²) in [6.07, 6.45) is 0. The number of benzene rings is 2. The van der Waals surface area contributed by atoms with Gasteiger partial charge in [-0.25, -0.2) is 8.42 Å². The quantitative estimate of drug-likeness (QED) is 0.501. The molecule has 1 aliphatic heterocycles. The van der Waals surface area contributed by atoms with Crippen LogP contribution in [-0.4, -0.2) is 62.3 Å². The average molecular weight is 469 g/mol. The summed E-state index contributed by atoms with van der Waals surface area (Å²) in [5.41, 5.74) is 1.74. The Morgan fingerprint density at radius 3 is 1.85 bits per heavy atom. The molecular formula is C24H28N4O4S. The lowest BCUT2D eigenvalue weighted by molar-refractivity contribution is 0.340. The first-order chi connectivity index (χ1) is 16.0. The van der Waals surface area contributed by atoms with Gasteiger partial charge in [-0.15, -0.1) is 10.2 Å². The predicted octanol–water partition coefficient (Wildman–Crippen LogP) is 3.45. The highest BCUT2D eigenvalue weighted by molar-refractivity contribution is 7.89. The van der Waals surface area contributed by atoms with E-state index in [9.17, 15) is 8.42 Å². The monoisotopic (exact) mass is 468 g/mol. The maximum Gasteiger partial charge on any atom is 0.243 e. The van der Waals surface area contributed by atoms with Crippen LogP contribution in [0.25, 0.3) is 11.3 Å². The Morgan fingerprint density at radius 2 is 1.33 bits per heavy atom. The SMILES string of the molecule is CCOc1ccc(-c2ccc(N3CCN(S(=O)(=O)c4ccc(OCC)cc4)CC3)nn2)cc1. The third-order valence-corrected chi connectivity index (χ3v) is 7.36. The van der Waals surface area contributed by atoms with Crippen molar-refractivity contribution in [3.05, 3.63) is 60.7 Å². The maximum absolute atomic E-state index is 13.0. The lowest BCUT2D eigenvalue weighted by Gasteiger charge is -2.34. The van der Waals surface area contributed by atoms with Crippen LogP contribution in [0.1, 0.15) is 13.8 Å². The summed E-state index contributed by atoms with van der Waals surface area (Å²) >= 11 is 0. The number of hydrogen-bond acceptors (Lipinski definition) is 7. The van der Waals surface area contributed by atoms with E-state index in [1.807, 2.05) is 50.2 Å². The first-order valence-corrected chi connectivity index (χ1v) is 12.5. The number of piperazine rings is 1. The normalized spacial score (nSPS) is 14.8. The molecule has 1 aromatic heterocycles. The van der Waals surface area contributed by atoms with Gasteiger partial charge in [0.15, 0.2) is 5.82 Å². The number of hydrogen-bond donors (Lipinski definition) is 0. The Bertz CT molecular complexity index is 1140. The zero-order valence-electron chi connectivity index (χ0n) is 18.8. The molecule has 1 aliphatic rings. The average Bonchev–Trinajstić information content (AvgIpc) is 2.85. The number of nitrogens with zero attached hydrogens (tertiary/aromatic N) is 4. The second kappa shape index (κ2) is 10.2. The van der Waals surface area contributed by atoms with Gasteiger partial charge < -0.3 is 14.4 Å². The van der Waals surface area contributed by atoms with Crippen LogP contribution >= 0.6 is 0 Å². The third kappa shape index (κ3) is 5.26. The fourth-order valence-corrected chi connectivity index (χ4v) is 5.14. The summed E-state index contributed by atoms with van der Waals surface area (Å²) < 4.78 is 38.4. The van der Waals surface area contributed by atoms with Crippen LogP contribution in [0.4, 0.5) is 5.82 Å². The van der Waals surface area contributed by atoms with Crippen molar-refractivity contribution >= 4 is 15.8 Å². The van der Waals surface area contributed by atoms with Crippen molar-refractivity contribution in [1.82, 2.24) is 14.5 Å². The molecule has 2 heterocycles. The lowest BCUT2D eigenvalue weighted by atomic mass is 10.1. The van der Waals surface area contributed by atoms with Gasteiger partial charge in [-0.05, 0) is 74.5 Å². The van der Waals surface area contributed by atoms with Crippen LogP contribution in [0.15, 0.2) is 65.6 Å². The molecular weight excluding hydrogens is 440 g/mol. The lowest BCUT2D eigenvalue weighted by Crippen LogP contribution is -2.48. The second-order valence-corrected chi connectivity index (χ2v) is 9.47. The van der Waals surface area contributed by atoms with E-state index in [-0.39, 0.29) is 4.90 Å². The van der Waals surface area contributed by atoms with Gasteiger partial charge >= 0.3 is 0 Å². The second-order valence-electron chi connectivity index (χ2n) is 7.53. The summed E-state index contributed by atoms with van der Waals surface area (Å²) in [4.78, 5) is 2.33. The molecule has 8 nitrogen and oxygen atoms in total. The molecule has 1 saturated heterocycles. The number of anilines is 1. The Hall–Kier alpha value is -3.17. The van der Waals surface area contributed by atoms with Crippen LogP contribution in [0.5, 0.6) is 11.5 Å². The molecule has 0 N–H and O–H groups in total. The van der Waals surface area contributed by atoms with Crippen molar-refractivity contribution in [3.8, 4) is 22.8 Å². The molecule has 3 aromatic rings. The van der Waals surface area contributed by atoms with E-state index in [1.54, 1.807) is 24.3 Å². The minimum atomic E-state index is -3.55. The molecule has 0 bridgehead atoms. The molecule has 33 heavy (non-hydrogen) atoms. The number of rotatable bonds is 8. The van der Waals surface area contributed by atoms with Gasteiger partial charge in [0.05, 0.1) is 23.8 Å². The van der Waals surface area contributed by atoms with Gasteiger partial charge in [0.1, 0.15) is 11.5 Å². The molecule has 0 spiro atoms. The van der Waals surface area contributed by atoms with E-state index in [2.05, 4.69) is 15.1 Å². The predicted molar refractivity (Wildman–Crippen MR) is 127 cm³/mol. The van der Waals surface area contributed by atoms with Gasteiger partial charge in [0.25, 0.3) is 0 Å². The van der Waals surface area contributed by atoms with Crippen LogP contribution < -0.4 is 14.4 Å². The number of sulfonamides is 1. The molecule has 0 unspecified atom stereocenters. The molecule has 4 rings (SSSR count). The Kier molecular flexibility index (Phi) is 7.10. The van der Waals surface area contributed by atoms with Crippen molar-refractivity contribution in [1.29, 1.82) is 0 Å². The van der Waals surface area contributed by atoms with Gasteiger partial charge in [0.2, 0.25) is 10.0 Å². The van der Waals surface area contributed by atoms with Crippen LogP contribution in [0.2, 0.25) is 0 Å². The molecule has 174 valence electrons. The Labute approximate surface area is 194 Å². The number of aromatic nitrogens is 2. The number of ether oxygens (including phenoxy) is 2. The van der Waals surface area contributed by atoms with E-state index in [0.29, 0.717) is 45.1 Å². The fraction of sp³-hybridized carbons (Fsp3) is 0.333. The molecule has 0 radical (unpaired) electrons. The maximum atomic E-state index is 13.0. The molecule has 0 saturated carbocycles. The van der Waals surface area contributed by atoms with Crippen LogP contribution in [0.3, 0.4) is 0 Å². The Morgan fingerprint density at radius 1 is 0.758 bits per heavy atom. The van der Waals surface area contributed by atoms with E-state index in [0.717, 1.165) is 22.8 Å².